The first-order valence-electron chi connectivity index (χ1n) is 8.93. The Morgan fingerprint density at radius 2 is 2.00 bits per heavy atom. The summed E-state index contributed by atoms with van der Waals surface area (Å²) in [6.07, 6.45) is 4.60. The highest BCUT2D eigenvalue weighted by molar-refractivity contribution is 6.13. The van der Waals surface area contributed by atoms with E-state index in [1.54, 1.807) is 13.3 Å². The second-order valence-corrected chi connectivity index (χ2v) is 6.87. The van der Waals surface area contributed by atoms with Gasteiger partial charge in [-0.1, -0.05) is 0 Å². The highest BCUT2D eigenvalue weighted by Crippen LogP contribution is 2.31. The van der Waals surface area contributed by atoms with Gasteiger partial charge in [-0.05, 0) is 62.9 Å². The fourth-order valence-electron chi connectivity index (χ4n) is 3.56. The van der Waals surface area contributed by atoms with E-state index >= 15 is 0 Å². The zero-order valence-electron chi connectivity index (χ0n) is 15.2. The summed E-state index contributed by atoms with van der Waals surface area (Å²) in [6.45, 7) is 4.14. The minimum atomic E-state index is -0.107. The van der Waals surface area contributed by atoms with Gasteiger partial charge in [0.25, 0.3) is 5.91 Å². The lowest BCUT2D eigenvalue weighted by molar-refractivity contribution is 0.102. The molecule has 2 aromatic heterocycles. The van der Waals surface area contributed by atoms with Crippen molar-refractivity contribution in [1.29, 1.82) is 0 Å². The van der Waals surface area contributed by atoms with Crippen LogP contribution in [0.25, 0.3) is 11.0 Å². The minimum Gasteiger partial charge on any atom is -0.497 e. The molecule has 1 aromatic carbocycles. The molecular formula is C20H22N4O2. The summed E-state index contributed by atoms with van der Waals surface area (Å²) >= 11 is 0. The number of nitrogens with one attached hydrogen (secondary N) is 1. The molecule has 0 aliphatic heterocycles. The van der Waals surface area contributed by atoms with E-state index < -0.39 is 0 Å². The summed E-state index contributed by atoms with van der Waals surface area (Å²) < 4.78 is 7.06. The van der Waals surface area contributed by atoms with Crippen molar-refractivity contribution in [2.24, 2.45) is 0 Å². The number of benzene rings is 1. The number of pyridine rings is 1. The number of aromatic nitrogens is 3. The summed E-state index contributed by atoms with van der Waals surface area (Å²) in [5, 5.41) is 8.30. The van der Waals surface area contributed by atoms with Gasteiger partial charge in [-0.2, -0.15) is 5.10 Å². The lowest BCUT2D eigenvalue weighted by Crippen LogP contribution is -2.16. The third-order valence-electron chi connectivity index (χ3n) is 4.83. The molecule has 0 unspecified atom stereocenters. The van der Waals surface area contributed by atoms with E-state index in [0.717, 1.165) is 53.0 Å². The van der Waals surface area contributed by atoms with Gasteiger partial charge in [0.05, 0.1) is 24.3 Å². The molecule has 0 spiro atoms. The number of carbonyl (C=O) groups excluding carboxylic acids is 1. The molecule has 1 aliphatic rings. The van der Waals surface area contributed by atoms with Crippen molar-refractivity contribution in [3.8, 4) is 5.75 Å². The molecule has 6 heteroatoms. The Morgan fingerprint density at radius 1 is 1.23 bits per heavy atom. The first-order chi connectivity index (χ1) is 12.6. The number of rotatable bonds is 4. The summed E-state index contributed by atoms with van der Waals surface area (Å²) in [4.78, 5) is 17.9. The average molecular weight is 350 g/mol. The normalized spacial score (nSPS) is 13.2. The van der Waals surface area contributed by atoms with E-state index in [1.165, 1.54) is 0 Å². The van der Waals surface area contributed by atoms with Gasteiger partial charge in [0.15, 0.2) is 5.65 Å². The van der Waals surface area contributed by atoms with Crippen LogP contribution in [0.3, 0.4) is 0 Å². The Hall–Kier alpha value is -2.89. The highest BCUT2D eigenvalue weighted by Gasteiger charge is 2.26. The van der Waals surface area contributed by atoms with Gasteiger partial charge in [-0.3, -0.25) is 4.79 Å². The molecule has 0 bridgehead atoms. The van der Waals surface area contributed by atoms with Crippen LogP contribution < -0.4 is 10.1 Å². The number of nitrogens with zero attached hydrogens (tertiary/aromatic N) is 3. The van der Waals surface area contributed by atoms with Gasteiger partial charge < -0.3 is 10.1 Å². The molecule has 0 saturated heterocycles. The van der Waals surface area contributed by atoms with Crippen LogP contribution in [0.1, 0.15) is 47.9 Å². The molecule has 3 aromatic rings. The lowest BCUT2D eigenvalue weighted by Gasteiger charge is -2.13. The molecule has 0 atom stereocenters. The molecule has 4 rings (SSSR count). The molecule has 0 fully saturated rings. The number of hydrogen-bond acceptors (Lipinski definition) is 4. The first kappa shape index (κ1) is 16.6. The van der Waals surface area contributed by atoms with Crippen LogP contribution in [-0.2, 0) is 12.8 Å². The zero-order valence-corrected chi connectivity index (χ0v) is 15.2. The summed E-state index contributed by atoms with van der Waals surface area (Å²) in [6, 6.07) is 7.54. The third-order valence-corrected chi connectivity index (χ3v) is 4.83. The number of aryl methyl sites for hydroxylation is 1. The number of carbonyl (C=O) groups is 1. The number of anilines is 1. The zero-order chi connectivity index (χ0) is 18.3. The second kappa shape index (κ2) is 6.44. The summed E-state index contributed by atoms with van der Waals surface area (Å²) in [7, 11) is 1.62. The highest BCUT2D eigenvalue weighted by atomic mass is 16.5. The monoisotopic (exact) mass is 350 g/mol. The van der Waals surface area contributed by atoms with Gasteiger partial charge in [-0.25, -0.2) is 9.67 Å². The SMILES string of the molecule is COc1ccc(NC(=O)c2c3c(nc4c2cnn4C(C)C)CCC3)cc1. The quantitative estimate of drug-likeness (QED) is 0.778. The number of amides is 1. The van der Waals surface area contributed by atoms with E-state index in [4.69, 9.17) is 9.72 Å². The Labute approximate surface area is 152 Å². The smallest absolute Gasteiger partial charge is 0.256 e. The van der Waals surface area contributed by atoms with E-state index in [2.05, 4.69) is 24.3 Å². The van der Waals surface area contributed by atoms with Crippen molar-refractivity contribution in [3.63, 3.8) is 0 Å². The largest absolute Gasteiger partial charge is 0.497 e. The van der Waals surface area contributed by atoms with Crippen LogP contribution in [0, 0.1) is 0 Å². The van der Waals surface area contributed by atoms with Crippen LogP contribution in [0.2, 0.25) is 0 Å². The number of ether oxygens (including phenoxy) is 1. The van der Waals surface area contributed by atoms with E-state index in [-0.39, 0.29) is 11.9 Å². The van der Waals surface area contributed by atoms with Gasteiger partial charge in [-0.15, -0.1) is 0 Å². The molecule has 0 saturated carbocycles. The predicted molar refractivity (Wildman–Crippen MR) is 101 cm³/mol. The second-order valence-electron chi connectivity index (χ2n) is 6.87. The van der Waals surface area contributed by atoms with Crippen LogP contribution in [0.5, 0.6) is 5.75 Å². The van der Waals surface area contributed by atoms with Gasteiger partial charge >= 0.3 is 0 Å². The molecule has 2 heterocycles. The lowest BCUT2D eigenvalue weighted by atomic mass is 10.0. The topological polar surface area (TPSA) is 69.0 Å². The van der Waals surface area contributed by atoms with Crippen molar-refractivity contribution in [1.82, 2.24) is 14.8 Å². The maximum Gasteiger partial charge on any atom is 0.256 e. The number of fused-ring (bicyclic) bond motifs is 2. The van der Waals surface area contributed by atoms with Crippen molar-refractivity contribution in [3.05, 3.63) is 47.3 Å². The Balaban J connectivity index is 1.78. The maximum atomic E-state index is 13.1. The molecule has 6 nitrogen and oxygen atoms in total. The molecular weight excluding hydrogens is 328 g/mol. The number of methoxy groups -OCH3 is 1. The van der Waals surface area contributed by atoms with E-state index in [1.807, 2.05) is 28.9 Å². The van der Waals surface area contributed by atoms with Crippen LogP contribution in [0.4, 0.5) is 5.69 Å². The fourth-order valence-corrected chi connectivity index (χ4v) is 3.56. The van der Waals surface area contributed by atoms with Gasteiger partial charge in [0.1, 0.15) is 5.75 Å². The fraction of sp³-hybridized carbons (Fsp3) is 0.350. The van der Waals surface area contributed by atoms with Crippen molar-refractivity contribution < 1.29 is 9.53 Å². The summed E-state index contributed by atoms with van der Waals surface area (Å²) in [5.41, 5.74) is 4.33. The van der Waals surface area contributed by atoms with Crippen LogP contribution >= 0.6 is 0 Å². The summed E-state index contributed by atoms with van der Waals surface area (Å²) in [5.74, 6) is 0.650. The van der Waals surface area contributed by atoms with E-state index in [9.17, 15) is 4.79 Å². The minimum absolute atomic E-state index is 0.107. The van der Waals surface area contributed by atoms with Crippen LogP contribution in [-0.4, -0.2) is 27.8 Å². The molecule has 1 amide bonds. The van der Waals surface area contributed by atoms with Crippen LogP contribution in [0.15, 0.2) is 30.5 Å². The molecule has 134 valence electrons. The predicted octanol–water partition coefficient (Wildman–Crippen LogP) is 3.76. The molecule has 26 heavy (non-hydrogen) atoms. The first-order valence-corrected chi connectivity index (χ1v) is 8.93. The Kier molecular flexibility index (Phi) is 4.11. The van der Waals surface area contributed by atoms with Crippen molar-refractivity contribution in [2.45, 2.75) is 39.2 Å². The molecule has 1 aliphatic carbocycles. The Morgan fingerprint density at radius 3 is 2.69 bits per heavy atom. The van der Waals surface area contributed by atoms with E-state index in [0.29, 0.717) is 5.56 Å². The molecule has 0 radical (unpaired) electrons. The van der Waals surface area contributed by atoms with Crippen molar-refractivity contribution in [2.75, 3.05) is 12.4 Å². The Bertz CT molecular complexity index is 974. The third kappa shape index (κ3) is 2.71. The van der Waals surface area contributed by atoms with Gasteiger partial charge in [0, 0.05) is 17.4 Å². The van der Waals surface area contributed by atoms with Crippen molar-refractivity contribution >= 4 is 22.6 Å². The molecule has 1 N–H and O–H groups in total. The maximum absolute atomic E-state index is 13.1. The standard InChI is InChI=1S/C20H22N4O2/c1-12(2)24-19-16(11-21-24)18(15-5-4-6-17(15)23-19)20(25)22-13-7-9-14(26-3)10-8-13/h7-12H,4-6H2,1-3H3,(H,22,25). The average Bonchev–Trinajstić information content (AvgIpc) is 3.26. The van der Waals surface area contributed by atoms with Gasteiger partial charge in [0.2, 0.25) is 0 Å². The number of hydrogen-bond donors (Lipinski definition) is 1.